The zero-order valence-corrected chi connectivity index (χ0v) is 13.5. The van der Waals surface area contributed by atoms with Crippen LogP contribution in [0.4, 0.5) is 0 Å². The second kappa shape index (κ2) is 7.37. The van der Waals surface area contributed by atoms with Crippen molar-refractivity contribution in [3.05, 3.63) is 17.0 Å². The van der Waals surface area contributed by atoms with Crippen LogP contribution in [0.3, 0.4) is 0 Å². The number of thiophene rings is 1. The SMILES string of the molecule is CC(=O)NCc1ccc(S(=O)(=O)N2CCNCC2)s1.Cl. The largest absolute Gasteiger partial charge is 0.351 e. The minimum Gasteiger partial charge on any atom is -0.351 e. The van der Waals surface area contributed by atoms with Crippen LogP contribution in [0.15, 0.2) is 16.3 Å². The Labute approximate surface area is 129 Å². The predicted molar refractivity (Wildman–Crippen MR) is 80.7 cm³/mol. The Morgan fingerprint density at radius 2 is 2.05 bits per heavy atom. The van der Waals surface area contributed by atoms with E-state index in [0.717, 1.165) is 4.88 Å². The van der Waals surface area contributed by atoms with E-state index in [1.165, 1.54) is 22.6 Å². The van der Waals surface area contributed by atoms with Gasteiger partial charge in [-0.3, -0.25) is 4.79 Å². The highest BCUT2D eigenvalue weighted by molar-refractivity contribution is 7.91. The molecule has 0 saturated carbocycles. The maximum absolute atomic E-state index is 12.4. The van der Waals surface area contributed by atoms with Crippen LogP contribution in [0.2, 0.25) is 0 Å². The molecule has 1 aliphatic heterocycles. The van der Waals surface area contributed by atoms with Crippen LogP contribution in [0, 0.1) is 0 Å². The van der Waals surface area contributed by atoms with Gasteiger partial charge in [-0.2, -0.15) is 4.31 Å². The highest BCUT2D eigenvalue weighted by atomic mass is 35.5. The van der Waals surface area contributed by atoms with Gasteiger partial charge in [-0.25, -0.2) is 8.42 Å². The lowest BCUT2D eigenvalue weighted by molar-refractivity contribution is -0.119. The van der Waals surface area contributed by atoms with Gasteiger partial charge in [0.2, 0.25) is 5.91 Å². The molecule has 0 spiro atoms. The Morgan fingerprint density at radius 3 is 2.65 bits per heavy atom. The highest BCUT2D eigenvalue weighted by Gasteiger charge is 2.27. The summed E-state index contributed by atoms with van der Waals surface area (Å²) in [5.74, 6) is -0.125. The summed E-state index contributed by atoms with van der Waals surface area (Å²) in [6.07, 6.45) is 0. The summed E-state index contributed by atoms with van der Waals surface area (Å²) in [6, 6.07) is 3.36. The maximum atomic E-state index is 12.4. The summed E-state index contributed by atoms with van der Waals surface area (Å²) in [7, 11) is -3.38. The zero-order chi connectivity index (χ0) is 13.9. The molecule has 2 rings (SSSR count). The molecule has 6 nitrogen and oxygen atoms in total. The summed E-state index contributed by atoms with van der Waals surface area (Å²) in [5, 5.41) is 5.79. The number of rotatable bonds is 4. The molecule has 2 heterocycles. The van der Waals surface area contributed by atoms with Crippen molar-refractivity contribution in [2.24, 2.45) is 0 Å². The van der Waals surface area contributed by atoms with Crippen molar-refractivity contribution >= 4 is 39.7 Å². The molecular weight excluding hydrogens is 322 g/mol. The molecule has 1 aromatic heterocycles. The normalized spacial score (nSPS) is 16.4. The van der Waals surface area contributed by atoms with E-state index in [1.807, 2.05) is 0 Å². The van der Waals surface area contributed by atoms with Crippen LogP contribution in [0.1, 0.15) is 11.8 Å². The van der Waals surface area contributed by atoms with Gasteiger partial charge in [0, 0.05) is 38.0 Å². The van der Waals surface area contributed by atoms with Crippen LogP contribution < -0.4 is 10.6 Å². The first kappa shape index (κ1) is 17.4. The molecule has 1 fully saturated rings. The standard InChI is InChI=1S/C11H17N3O3S2.ClH/c1-9(15)13-8-10-2-3-11(18-10)19(16,17)14-6-4-12-5-7-14;/h2-3,12H,4-8H2,1H3,(H,13,15);1H. The van der Waals surface area contributed by atoms with E-state index in [0.29, 0.717) is 36.9 Å². The van der Waals surface area contributed by atoms with Gasteiger partial charge in [-0.1, -0.05) is 0 Å². The second-order valence-corrected chi connectivity index (χ2v) is 7.62. The first-order valence-electron chi connectivity index (χ1n) is 6.04. The van der Waals surface area contributed by atoms with E-state index in [9.17, 15) is 13.2 Å². The molecule has 0 aromatic carbocycles. The highest BCUT2D eigenvalue weighted by Crippen LogP contribution is 2.25. The molecule has 1 aromatic rings. The van der Waals surface area contributed by atoms with Crippen molar-refractivity contribution in [2.75, 3.05) is 26.2 Å². The average molecular weight is 340 g/mol. The topological polar surface area (TPSA) is 78.5 Å². The van der Waals surface area contributed by atoms with E-state index in [-0.39, 0.29) is 18.3 Å². The molecule has 20 heavy (non-hydrogen) atoms. The van der Waals surface area contributed by atoms with Crippen LogP contribution in [-0.2, 0) is 21.4 Å². The van der Waals surface area contributed by atoms with Gasteiger partial charge >= 0.3 is 0 Å². The fraction of sp³-hybridized carbons (Fsp3) is 0.545. The molecule has 0 unspecified atom stereocenters. The summed E-state index contributed by atoms with van der Waals surface area (Å²) >= 11 is 1.21. The van der Waals surface area contributed by atoms with Crippen molar-refractivity contribution in [1.82, 2.24) is 14.9 Å². The van der Waals surface area contributed by atoms with Crippen molar-refractivity contribution in [1.29, 1.82) is 0 Å². The lowest BCUT2D eigenvalue weighted by Crippen LogP contribution is -2.46. The third-order valence-corrected chi connectivity index (χ3v) is 6.27. The van der Waals surface area contributed by atoms with E-state index in [1.54, 1.807) is 12.1 Å². The Balaban J connectivity index is 0.00000200. The monoisotopic (exact) mass is 339 g/mol. The molecule has 9 heteroatoms. The molecule has 1 amide bonds. The molecular formula is C11H18ClN3O3S2. The number of sulfonamides is 1. The number of hydrogen-bond donors (Lipinski definition) is 2. The van der Waals surface area contributed by atoms with Crippen LogP contribution >= 0.6 is 23.7 Å². The van der Waals surface area contributed by atoms with Gasteiger partial charge in [0.1, 0.15) is 4.21 Å². The van der Waals surface area contributed by atoms with Gasteiger partial charge in [0.05, 0.1) is 6.54 Å². The Kier molecular flexibility index (Phi) is 6.41. The van der Waals surface area contributed by atoms with Gasteiger partial charge in [0.15, 0.2) is 0 Å². The molecule has 0 aliphatic carbocycles. The second-order valence-electron chi connectivity index (χ2n) is 4.28. The summed E-state index contributed by atoms with van der Waals surface area (Å²) in [5.41, 5.74) is 0. The third kappa shape index (κ3) is 4.16. The fourth-order valence-electron chi connectivity index (χ4n) is 1.82. The van der Waals surface area contributed by atoms with Gasteiger partial charge in [0.25, 0.3) is 10.0 Å². The van der Waals surface area contributed by atoms with Crippen molar-refractivity contribution < 1.29 is 13.2 Å². The lowest BCUT2D eigenvalue weighted by atomic mass is 10.4. The smallest absolute Gasteiger partial charge is 0.252 e. The molecule has 0 atom stereocenters. The molecule has 1 saturated heterocycles. The third-order valence-electron chi connectivity index (χ3n) is 2.82. The molecule has 0 radical (unpaired) electrons. The minimum absolute atomic E-state index is 0. The molecule has 0 bridgehead atoms. The zero-order valence-electron chi connectivity index (χ0n) is 11.1. The number of nitrogens with one attached hydrogen (secondary N) is 2. The molecule has 1 aliphatic rings. The van der Waals surface area contributed by atoms with E-state index >= 15 is 0 Å². The summed E-state index contributed by atoms with van der Waals surface area (Å²) in [6.45, 7) is 4.18. The molecule has 114 valence electrons. The van der Waals surface area contributed by atoms with Crippen molar-refractivity contribution in [2.45, 2.75) is 17.7 Å². The van der Waals surface area contributed by atoms with Crippen molar-refractivity contribution in [3.8, 4) is 0 Å². The van der Waals surface area contributed by atoms with Gasteiger partial charge in [-0.05, 0) is 12.1 Å². The maximum Gasteiger partial charge on any atom is 0.252 e. The Morgan fingerprint density at radius 1 is 1.40 bits per heavy atom. The number of carbonyl (C=O) groups is 1. The predicted octanol–water partition coefficient (Wildman–Crippen LogP) is 0.400. The minimum atomic E-state index is -3.38. The van der Waals surface area contributed by atoms with Gasteiger partial charge in [-0.15, -0.1) is 23.7 Å². The van der Waals surface area contributed by atoms with Crippen molar-refractivity contribution in [3.63, 3.8) is 0 Å². The van der Waals surface area contributed by atoms with Gasteiger partial charge < -0.3 is 10.6 Å². The Bertz CT molecular complexity index is 553. The number of amides is 1. The van der Waals surface area contributed by atoms with Crippen LogP contribution in [0.5, 0.6) is 0 Å². The van der Waals surface area contributed by atoms with E-state index < -0.39 is 10.0 Å². The number of nitrogens with zero attached hydrogens (tertiary/aromatic N) is 1. The number of piperazine rings is 1. The lowest BCUT2D eigenvalue weighted by Gasteiger charge is -2.25. The fourth-order valence-corrected chi connectivity index (χ4v) is 4.71. The van der Waals surface area contributed by atoms with Crippen LogP contribution in [0.25, 0.3) is 0 Å². The first-order valence-corrected chi connectivity index (χ1v) is 8.30. The van der Waals surface area contributed by atoms with Crippen LogP contribution in [-0.4, -0.2) is 44.8 Å². The average Bonchev–Trinajstić information content (AvgIpc) is 2.87. The van der Waals surface area contributed by atoms with E-state index in [2.05, 4.69) is 10.6 Å². The number of carbonyl (C=O) groups excluding carboxylic acids is 1. The number of halogens is 1. The van der Waals surface area contributed by atoms with E-state index in [4.69, 9.17) is 0 Å². The first-order chi connectivity index (χ1) is 9.00. The quantitative estimate of drug-likeness (QED) is 0.832. The molecule has 2 N–H and O–H groups in total. The Hall–Kier alpha value is -0.670. The summed E-state index contributed by atoms with van der Waals surface area (Å²) in [4.78, 5) is 11.7. The number of hydrogen-bond acceptors (Lipinski definition) is 5. The summed E-state index contributed by atoms with van der Waals surface area (Å²) < 4.78 is 26.6.